The van der Waals surface area contributed by atoms with Gasteiger partial charge < -0.3 is 9.47 Å². The molecule has 0 amide bonds. The molecule has 1 aromatic carbocycles. The molecule has 1 rings (SSSR count). The van der Waals surface area contributed by atoms with Crippen molar-refractivity contribution >= 4 is 0 Å². The minimum atomic E-state index is -4.26. The number of rotatable bonds is 6. The Bertz CT molecular complexity index is 285. The van der Waals surface area contributed by atoms with E-state index in [0.717, 1.165) is 5.56 Å². The van der Waals surface area contributed by atoms with Crippen LogP contribution in [0.5, 0.6) is 0 Å². The van der Waals surface area contributed by atoms with E-state index in [0.29, 0.717) is 6.61 Å². The summed E-state index contributed by atoms with van der Waals surface area (Å²) in [6.07, 6.45) is -4.26. The monoisotopic (exact) mass is 234 g/mol. The summed E-state index contributed by atoms with van der Waals surface area (Å²) in [5.74, 6) is 0. The van der Waals surface area contributed by atoms with Crippen molar-refractivity contribution < 1.29 is 22.6 Å². The SMILES string of the molecule is FC(F)(F)COCCOCc1ccccc1. The van der Waals surface area contributed by atoms with Gasteiger partial charge in [0.05, 0.1) is 19.8 Å². The molecule has 0 bridgehead atoms. The third-order valence-corrected chi connectivity index (χ3v) is 1.75. The van der Waals surface area contributed by atoms with Crippen LogP contribution in [0.1, 0.15) is 5.56 Å². The van der Waals surface area contributed by atoms with Gasteiger partial charge in [-0.3, -0.25) is 0 Å². The molecule has 0 fully saturated rings. The molecule has 90 valence electrons. The molecule has 0 radical (unpaired) electrons. The maximum atomic E-state index is 11.7. The van der Waals surface area contributed by atoms with Crippen molar-refractivity contribution in [1.82, 2.24) is 0 Å². The normalized spacial score (nSPS) is 11.7. The molecule has 0 aromatic heterocycles. The molecule has 0 aliphatic rings. The Hall–Kier alpha value is -1.07. The molecule has 1 aromatic rings. The molecule has 0 saturated heterocycles. The molecule has 2 nitrogen and oxygen atoms in total. The molecule has 0 aliphatic carbocycles. The third-order valence-electron chi connectivity index (χ3n) is 1.75. The predicted octanol–water partition coefficient (Wildman–Crippen LogP) is 2.78. The Morgan fingerprint density at radius 1 is 0.938 bits per heavy atom. The summed E-state index contributed by atoms with van der Waals surface area (Å²) >= 11 is 0. The van der Waals surface area contributed by atoms with Crippen LogP contribution in [0.15, 0.2) is 30.3 Å². The van der Waals surface area contributed by atoms with Crippen molar-refractivity contribution in [2.45, 2.75) is 12.8 Å². The van der Waals surface area contributed by atoms with Crippen LogP contribution >= 0.6 is 0 Å². The largest absolute Gasteiger partial charge is 0.411 e. The molecule has 0 spiro atoms. The van der Waals surface area contributed by atoms with Gasteiger partial charge in [0.1, 0.15) is 6.61 Å². The lowest BCUT2D eigenvalue weighted by atomic mass is 10.2. The van der Waals surface area contributed by atoms with E-state index in [1.165, 1.54) is 0 Å². The van der Waals surface area contributed by atoms with Gasteiger partial charge in [0, 0.05) is 0 Å². The van der Waals surface area contributed by atoms with Crippen molar-refractivity contribution in [1.29, 1.82) is 0 Å². The fourth-order valence-corrected chi connectivity index (χ4v) is 1.07. The highest BCUT2D eigenvalue weighted by Gasteiger charge is 2.27. The summed E-state index contributed by atoms with van der Waals surface area (Å²) < 4.78 is 44.5. The summed E-state index contributed by atoms with van der Waals surface area (Å²) in [6.45, 7) is -0.727. The second kappa shape index (κ2) is 6.50. The van der Waals surface area contributed by atoms with E-state index in [1.807, 2.05) is 30.3 Å². The second-order valence-electron chi connectivity index (χ2n) is 3.21. The quantitative estimate of drug-likeness (QED) is 0.704. The zero-order valence-corrected chi connectivity index (χ0v) is 8.67. The first kappa shape index (κ1) is 13.0. The summed E-state index contributed by atoms with van der Waals surface area (Å²) in [5, 5.41) is 0. The lowest BCUT2D eigenvalue weighted by Crippen LogP contribution is -2.18. The number of hydrogen-bond donors (Lipinski definition) is 0. The zero-order chi connectivity index (χ0) is 11.9. The molecule has 0 unspecified atom stereocenters. The van der Waals surface area contributed by atoms with Gasteiger partial charge in [0.2, 0.25) is 0 Å². The van der Waals surface area contributed by atoms with Crippen LogP contribution in [0, 0.1) is 0 Å². The van der Waals surface area contributed by atoms with Gasteiger partial charge in [-0.25, -0.2) is 0 Å². The highest BCUT2D eigenvalue weighted by atomic mass is 19.4. The smallest absolute Gasteiger partial charge is 0.374 e. The number of ether oxygens (including phenoxy) is 2. The highest BCUT2D eigenvalue weighted by Crippen LogP contribution is 2.14. The number of alkyl halides is 3. The summed E-state index contributed by atoms with van der Waals surface area (Å²) in [7, 11) is 0. The average Bonchev–Trinajstić information content (AvgIpc) is 2.23. The van der Waals surface area contributed by atoms with Crippen LogP contribution in [0.2, 0.25) is 0 Å². The van der Waals surface area contributed by atoms with Crippen molar-refractivity contribution in [3.05, 3.63) is 35.9 Å². The Labute approximate surface area is 92.0 Å². The molecule has 0 atom stereocenters. The van der Waals surface area contributed by atoms with Gasteiger partial charge in [-0.1, -0.05) is 30.3 Å². The van der Waals surface area contributed by atoms with Crippen molar-refractivity contribution in [2.24, 2.45) is 0 Å². The average molecular weight is 234 g/mol. The first-order valence-corrected chi connectivity index (χ1v) is 4.84. The van der Waals surface area contributed by atoms with E-state index < -0.39 is 12.8 Å². The Balaban J connectivity index is 2.01. The van der Waals surface area contributed by atoms with Crippen LogP contribution < -0.4 is 0 Å². The van der Waals surface area contributed by atoms with Crippen molar-refractivity contribution in [2.75, 3.05) is 19.8 Å². The Morgan fingerprint density at radius 3 is 2.19 bits per heavy atom. The third kappa shape index (κ3) is 6.42. The van der Waals surface area contributed by atoms with Gasteiger partial charge >= 0.3 is 6.18 Å². The molecule has 5 heteroatoms. The number of hydrogen-bond acceptors (Lipinski definition) is 2. The van der Waals surface area contributed by atoms with Gasteiger partial charge in [-0.2, -0.15) is 13.2 Å². The first-order chi connectivity index (χ1) is 7.58. The predicted molar refractivity (Wildman–Crippen MR) is 53.0 cm³/mol. The van der Waals surface area contributed by atoms with E-state index in [4.69, 9.17) is 4.74 Å². The fourth-order valence-electron chi connectivity index (χ4n) is 1.07. The maximum absolute atomic E-state index is 11.7. The van der Waals surface area contributed by atoms with Gasteiger partial charge in [0.25, 0.3) is 0 Å². The van der Waals surface area contributed by atoms with Crippen molar-refractivity contribution in [3.63, 3.8) is 0 Å². The van der Waals surface area contributed by atoms with E-state index in [1.54, 1.807) is 0 Å². The Kier molecular flexibility index (Phi) is 5.28. The molecule has 0 heterocycles. The van der Waals surface area contributed by atoms with E-state index >= 15 is 0 Å². The standard InChI is InChI=1S/C11H13F3O2/c12-11(13,14)9-16-7-6-15-8-10-4-2-1-3-5-10/h1-5H,6-9H2. The molecule has 16 heavy (non-hydrogen) atoms. The summed E-state index contributed by atoms with van der Waals surface area (Å²) in [6, 6.07) is 9.40. The van der Waals surface area contributed by atoms with Crippen LogP contribution in [0.3, 0.4) is 0 Å². The maximum Gasteiger partial charge on any atom is 0.411 e. The number of benzene rings is 1. The zero-order valence-electron chi connectivity index (χ0n) is 8.67. The van der Waals surface area contributed by atoms with Gasteiger partial charge in [0.15, 0.2) is 0 Å². The molecule has 0 aliphatic heterocycles. The summed E-state index contributed by atoms with van der Waals surface area (Å²) in [5.41, 5.74) is 0.985. The second-order valence-corrected chi connectivity index (χ2v) is 3.21. The topological polar surface area (TPSA) is 18.5 Å². The summed E-state index contributed by atoms with van der Waals surface area (Å²) in [4.78, 5) is 0. The van der Waals surface area contributed by atoms with Crippen LogP contribution in [-0.2, 0) is 16.1 Å². The first-order valence-electron chi connectivity index (χ1n) is 4.84. The minimum absolute atomic E-state index is 0.0493. The minimum Gasteiger partial charge on any atom is -0.374 e. The van der Waals surface area contributed by atoms with E-state index in [2.05, 4.69) is 4.74 Å². The molecular weight excluding hydrogens is 221 g/mol. The van der Waals surface area contributed by atoms with Crippen LogP contribution in [0.25, 0.3) is 0 Å². The van der Waals surface area contributed by atoms with Crippen molar-refractivity contribution in [3.8, 4) is 0 Å². The highest BCUT2D eigenvalue weighted by molar-refractivity contribution is 5.13. The van der Waals surface area contributed by atoms with Gasteiger partial charge in [-0.15, -0.1) is 0 Å². The van der Waals surface area contributed by atoms with Crippen LogP contribution in [0.4, 0.5) is 13.2 Å². The molecule has 0 saturated carbocycles. The lowest BCUT2D eigenvalue weighted by Gasteiger charge is -2.08. The van der Waals surface area contributed by atoms with E-state index in [9.17, 15) is 13.2 Å². The Morgan fingerprint density at radius 2 is 1.56 bits per heavy atom. The van der Waals surface area contributed by atoms with Gasteiger partial charge in [-0.05, 0) is 5.56 Å². The van der Waals surface area contributed by atoms with Crippen LogP contribution in [-0.4, -0.2) is 26.0 Å². The van der Waals surface area contributed by atoms with E-state index in [-0.39, 0.29) is 13.2 Å². The number of halogens is 3. The molecular formula is C11H13F3O2. The fraction of sp³-hybridized carbons (Fsp3) is 0.455. The lowest BCUT2D eigenvalue weighted by molar-refractivity contribution is -0.176. The molecule has 0 N–H and O–H groups in total.